The lowest BCUT2D eigenvalue weighted by molar-refractivity contribution is -0.116. The fraction of sp³-hybridized carbons (Fsp3) is 0.364. The van der Waals surface area contributed by atoms with Gasteiger partial charge in [0.1, 0.15) is 0 Å². The molecular weight excluding hydrogens is 255 g/mol. The molecule has 0 unspecified atom stereocenters. The number of alkyl halides is 1. The van der Waals surface area contributed by atoms with Gasteiger partial charge in [-0.15, -0.1) is 11.6 Å². The molecule has 0 fully saturated rings. The molecule has 0 saturated heterocycles. The van der Waals surface area contributed by atoms with E-state index in [-0.39, 0.29) is 12.1 Å². The van der Waals surface area contributed by atoms with Gasteiger partial charge >= 0.3 is 0 Å². The topological polar surface area (TPSA) is 29.1 Å². The molecule has 0 aliphatic carbocycles. The molecule has 0 spiro atoms. The zero-order valence-electron chi connectivity index (χ0n) is 8.90. The van der Waals surface area contributed by atoms with Crippen LogP contribution in [0.5, 0.6) is 0 Å². The normalized spacial score (nSPS) is 10.4. The number of unbranched alkanes of at least 4 members (excludes halogenated alkanes) is 1. The van der Waals surface area contributed by atoms with Gasteiger partial charge in [0.25, 0.3) is 0 Å². The van der Waals surface area contributed by atoms with Crippen molar-refractivity contribution < 1.29 is 18.0 Å². The van der Waals surface area contributed by atoms with Crippen molar-refractivity contribution in [1.29, 1.82) is 0 Å². The Morgan fingerprint density at radius 2 is 1.88 bits per heavy atom. The van der Waals surface area contributed by atoms with Gasteiger partial charge in [-0.2, -0.15) is 0 Å². The molecule has 0 aliphatic rings. The number of benzene rings is 1. The van der Waals surface area contributed by atoms with Crippen LogP contribution in [0.2, 0.25) is 0 Å². The van der Waals surface area contributed by atoms with Crippen LogP contribution >= 0.6 is 11.6 Å². The van der Waals surface area contributed by atoms with E-state index >= 15 is 0 Å². The van der Waals surface area contributed by atoms with Crippen LogP contribution in [0.1, 0.15) is 19.3 Å². The van der Waals surface area contributed by atoms with E-state index in [1.807, 2.05) is 0 Å². The lowest BCUT2D eigenvalue weighted by Crippen LogP contribution is -2.13. The van der Waals surface area contributed by atoms with Crippen molar-refractivity contribution in [3.05, 3.63) is 29.6 Å². The van der Waals surface area contributed by atoms with E-state index in [0.717, 1.165) is 12.1 Å². The molecule has 1 aromatic carbocycles. The number of hydrogen-bond donors (Lipinski definition) is 1. The second-order valence-corrected chi connectivity index (χ2v) is 3.80. The smallest absolute Gasteiger partial charge is 0.224 e. The molecule has 1 rings (SSSR count). The number of hydrogen-bond acceptors (Lipinski definition) is 1. The zero-order chi connectivity index (χ0) is 12.8. The lowest BCUT2D eigenvalue weighted by atomic mass is 10.2. The summed E-state index contributed by atoms with van der Waals surface area (Å²) < 4.78 is 38.6. The highest BCUT2D eigenvalue weighted by molar-refractivity contribution is 6.17. The number of amides is 1. The number of halogens is 4. The highest BCUT2D eigenvalue weighted by atomic mass is 35.5. The molecule has 1 N–H and O–H groups in total. The minimum absolute atomic E-state index is 0.158. The van der Waals surface area contributed by atoms with Crippen molar-refractivity contribution in [1.82, 2.24) is 0 Å². The maximum atomic E-state index is 13.2. The largest absolute Gasteiger partial charge is 0.324 e. The Morgan fingerprint density at radius 1 is 1.18 bits per heavy atom. The third-order valence-corrected chi connectivity index (χ3v) is 2.36. The van der Waals surface area contributed by atoms with E-state index < -0.39 is 23.4 Å². The molecule has 0 bridgehead atoms. The molecule has 0 atom stereocenters. The van der Waals surface area contributed by atoms with E-state index in [2.05, 4.69) is 5.32 Å². The quantitative estimate of drug-likeness (QED) is 0.493. The van der Waals surface area contributed by atoms with Gasteiger partial charge in [0.15, 0.2) is 17.5 Å². The van der Waals surface area contributed by atoms with Crippen molar-refractivity contribution in [2.24, 2.45) is 0 Å². The molecule has 0 saturated carbocycles. The van der Waals surface area contributed by atoms with Crippen LogP contribution in [-0.4, -0.2) is 11.8 Å². The summed E-state index contributed by atoms with van der Waals surface area (Å²) >= 11 is 5.43. The maximum absolute atomic E-state index is 13.2. The van der Waals surface area contributed by atoms with Crippen LogP contribution < -0.4 is 5.32 Å². The first-order valence-electron chi connectivity index (χ1n) is 5.05. The standard InChI is InChI=1S/C11H11ClF3NO/c12-6-2-1-3-9(17)16-8-5-4-7(13)10(14)11(8)15/h4-5H,1-3,6H2,(H,16,17). The number of anilines is 1. The first-order valence-corrected chi connectivity index (χ1v) is 5.59. The van der Waals surface area contributed by atoms with Crippen molar-refractivity contribution >= 4 is 23.2 Å². The summed E-state index contributed by atoms with van der Waals surface area (Å²) in [4.78, 5) is 11.3. The summed E-state index contributed by atoms with van der Waals surface area (Å²) in [5.74, 6) is -4.30. The Bertz CT molecular complexity index is 412. The van der Waals surface area contributed by atoms with Crippen molar-refractivity contribution in [2.45, 2.75) is 19.3 Å². The van der Waals surface area contributed by atoms with Crippen molar-refractivity contribution in [3.63, 3.8) is 0 Å². The minimum Gasteiger partial charge on any atom is -0.324 e. The Hall–Kier alpha value is -1.23. The molecule has 2 nitrogen and oxygen atoms in total. The van der Waals surface area contributed by atoms with E-state index in [1.54, 1.807) is 0 Å². The van der Waals surface area contributed by atoms with Gasteiger partial charge < -0.3 is 5.32 Å². The highest BCUT2D eigenvalue weighted by Crippen LogP contribution is 2.19. The summed E-state index contributed by atoms with van der Waals surface area (Å²) in [5.41, 5.74) is -0.361. The number of carbonyl (C=O) groups is 1. The number of nitrogens with one attached hydrogen (secondary N) is 1. The highest BCUT2D eigenvalue weighted by Gasteiger charge is 2.14. The predicted octanol–water partition coefficient (Wildman–Crippen LogP) is 3.45. The molecule has 0 radical (unpaired) electrons. The summed E-state index contributed by atoms with van der Waals surface area (Å²) in [7, 11) is 0. The Balaban J connectivity index is 2.63. The average molecular weight is 266 g/mol. The van der Waals surface area contributed by atoms with Crippen molar-refractivity contribution in [2.75, 3.05) is 11.2 Å². The van der Waals surface area contributed by atoms with Crippen LogP contribution in [-0.2, 0) is 4.79 Å². The summed E-state index contributed by atoms with van der Waals surface area (Å²) in [6, 6.07) is 1.74. The molecule has 1 aromatic rings. The van der Waals surface area contributed by atoms with Crippen molar-refractivity contribution in [3.8, 4) is 0 Å². The van der Waals surface area contributed by atoms with Crippen LogP contribution in [0, 0.1) is 17.5 Å². The maximum Gasteiger partial charge on any atom is 0.224 e. The Kier molecular flexibility index (Phi) is 5.28. The first-order chi connectivity index (χ1) is 8.06. The fourth-order valence-corrected chi connectivity index (χ4v) is 1.40. The van der Waals surface area contributed by atoms with Gasteiger partial charge in [-0.3, -0.25) is 4.79 Å². The van der Waals surface area contributed by atoms with Gasteiger partial charge in [0.05, 0.1) is 5.69 Å². The third kappa shape index (κ3) is 3.93. The molecular formula is C11H11ClF3NO. The van der Waals surface area contributed by atoms with Crippen LogP contribution in [0.4, 0.5) is 18.9 Å². The molecule has 94 valence electrons. The number of carbonyl (C=O) groups excluding carboxylic acids is 1. The SMILES string of the molecule is O=C(CCCCCl)Nc1ccc(F)c(F)c1F. The molecule has 17 heavy (non-hydrogen) atoms. The van der Waals surface area contributed by atoms with E-state index in [4.69, 9.17) is 11.6 Å². The second kappa shape index (κ2) is 6.49. The van der Waals surface area contributed by atoms with Gasteiger partial charge in [0.2, 0.25) is 5.91 Å². The predicted molar refractivity (Wildman–Crippen MR) is 59.5 cm³/mol. The second-order valence-electron chi connectivity index (χ2n) is 3.42. The first kappa shape index (κ1) is 13.8. The van der Waals surface area contributed by atoms with Gasteiger partial charge in [0, 0.05) is 12.3 Å². The summed E-state index contributed by atoms with van der Waals surface area (Å²) in [6.07, 6.45) is 1.38. The minimum atomic E-state index is -1.59. The Labute approximate surface area is 102 Å². The molecule has 0 aromatic heterocycles. The molecule has 0 heterocycles. The van der Waals surface area contributed by atoms with Crippen LogP contribution in [0.3, 0.4) is 0 Å². The van der Waals surface area contributed by atoms with E-state index in [0.29, 0.717) is 18.7 Å². The average Bonchev–Trinajstić information content (AvgIpc) is 2.30. The molecule has 6 heteroatoms. The van der Waals surface area contributed by atoms with Gasteiger partial charge in [-0.25, -0.2) is 13.2 Å². The van der Waals surface area contributed by atoms with E-state index in [1.165, 1.54) is 0 Å². The molecule has 1 amide bonds. The van der Waals surface area contributed by atoms with Gasteiger partial charge in [-0.05, 0) is 25.0 Å². The van der Waals surface area contributed by atoms with E-state index in [9.17, 15) is 18.0 Å². The van der Waals surface area contributed by atoms with Crippen LogP contribution in [0.15, 0.2) is 12.1 Å². The number of rotatable bonds is 5. The summed E-state index contributed by atoms with van der Waals surface area (Å²) in [5, 5.41) is 2.17. The Morgan fingerprint density at radius 3 is 2.53 bits per heavy atom. The molecule has 0 aliphatic heterocycles. The zero-order valence-corrected chi connectivity index (χ0v) is 9.66. The fourth-order valence-electron chi connectivity index (χ4n) is 1.22. The van der Waals surface area contributed by atoms with Gasteiger partial charge in [-0.1, -0.05) is 0 Å². The van der Waals surface area contributed by atoms with Crippen LogP contribution in [0.25, 0.3) is 0 Å². The lowest BCUT2D eigenvalue weighted by Gasteiger charge is -2.06. The third-order valence-electron chi connectivity index (χ3n) is 2.10. The summed E-state index contributed by atoms with van der Waals surface area (Å²) in [6.45, 7) is 0. The monoisotopic (exact) mass is 265 g/mol.